The van der Waals surface area contributed by atoms with Crippen molar-refractivity contribution in [2.45, 2.75) is 32.2 Å². The number of nitrogens with zero attached hydrogens (tertiary/aromatic N) is 3. The first kappa shape index (κ1) is 16.5. The Morgan fingerprint density at radius 2 is 2.38 bits per heavy atom. The molecule has 1 aromatic heterocycles. The minimum absolute atomic E-state index is 0.113. The second-order valence-corrected chi connectivity index (χ2v) is 6.45. The second kappa shape index (κ2) is 7.92. The van der Waals surface area contributed by atoms with E-state index in [9.17, 15) is 4.79 Å². The number of Topliss-reactive ketones (excluding diaryl/α,β-unsaturated/α-hetero) is 1. The number of carbonyl (C=O) groups excluding carboxylic acids is 1. The third kappa shape index (κ3) is 4.80. The third-order valence-electron chi connectivity index (χ3n) is 4.00. The topological polar surface area (TPSA) is 50.2 Å². The van der Waals surface area contributed by atoms with Gasteiger partial charge in [-0.25, -0.2) is 0 Å². The average Bonchev–Trinajstić information content (AvgIpc) is 2.85. The zero-order valence-corrected chi connectivity index (χ0v) is 13.7. The van der Waals surface area contributed by atoms with Gasteiger partial charge >= 0.3 is 0 Å². The van der Waals surface area contributed by atoms with Gasteiger partial charge in [-0.2, -0.15) is 5.10 Å². The van der Waals surface area contributed by atoms with Gasteiger partial charge in [0.2, 0.25) is 0 Å². The number of nitrogens with one attached hydrogen (secondary N) is 1. The zero-order valence-electron chi connectivity index (χ0n) is 12.9. The summed E-state index contributed by atoms with van der Waals surface area (Å²) in [6.07, 6.45) is 5.49. The van der Waals surface area contributed by atoms with Crippen LogP contribution < -0.4 is 5.32 Å². The van der Waals surface area contributed by atoms with Crippen LogP contribution >= 0.6 is 11.6 Å². The van der Waals surface area contributed by atoms with E-state index in [1.54, 1.807) is 10.9 Å². The molecule has 1 unspecified atom stereocenters. The lowest BCUT2D eigenvalue weighted by molar-refractivity contribution is 0.0960. The zero-order chi connectivity index (χ0) is 15.2. The molecular weight excluding hydrogens is 288 g/mol. The second-order valence-electron chi connectivity index (χ2n) is 6.04. The fourth-order valence-electron chi connectivity index (χ4n) is 2.73. The van der Waals surface area contributed by atoms with Crippen LogP contribution in [0.3, 0.4) is 0 Å². The van der Waals surface area contributed by atoms with Gasteiger partial charge in [0.25, 0.3) is 0 Å². The summed E-state index contributed by atoms with van der Waals surface area (Å²) in [5.74, 6) is 0.724. The van der Waals surface area contributed by atoms with E-state index in [1.807, 2.05) is 14.1 Å². The first-order valence-electron chi connectivity index (χ1n) is 7.68. The van der Waals surface area contributed by atoms with Gasteiger partial charge < -0.3 is 10.2 Å². The van der Waals surface area contributed by atoms with Crippen molar-refractivity contribution >= 4 is 17.4 Å². The molecule has 1 aromatic rings. The molecule has 0 amide bonds. The van der Waals surface area contributed by atoms with E-state index in [4.69, 9.17) is 11.6 Å². The molecule has 5 nitrogen and oxygen atoms in total. The summed E-state index contributed by atoms with van der Waals surface area (Å²) in [4.78, 5) is 14.5. The van der Waals surface area contributed by atoms with E-state index in [0.29, 0.717) is 29.6 Å². The molecule has 1 aliphatic rings. The average molecular weight is 313 g/mol. The summed E-state index contributed by atoms with van der Waals surface area (Å²) in [5.41, 5.74) is 0.572. The highest BCUT2D eigenvalue weighted by atomic mass is 35.5. The molecule has 0 bridgehead atoms. The Bertz CT molecular complexity index is 466. The molecule has 0 spiro atoms. The molecule has 0 saturated carbocycles. The van der Waals surface area contributed by atoms with Crippen LogP contribution in [0.4, 0.5) is 0 Å². The quantitative estimate of drug-likeness (QED) is 0.783. The van der Waals surface area contributed by atoms with E-state index >= 15 is 0 Å². The summed E-state index contributed by atoms with van der Waals surface area (Å²) in [5, 5.41) is 8.09. The van der Waals surface area contributed by atoms with Gasteiger partial charge in [-0.3, -0.25) is 9.48 Å². The van der Waals surface area contributed by atoms with Gasteiger partial charge in [-0.05, 0) is 52.4 Å². The van der Waals surface area contributed by atoms with Crippen LogP contribution in [0.2, 0.25) is 5.02 Å². The molecule has 1 atom stereocenters. The number of rotatable bonds is 7. The number of aromatic nitrogens is 2. The van der Waals surface area contributed by atoms with Crippen LogP contribution in [0.25, 0.3) is 0 Å². The van der Waals surface area contributed by atoms with Crippen LogP contribution in [0.1, 0.15) is 36.2 Å². The number of hydrogen-bond donors (Lipinski definition) is 1. The maximum atomic E-state index is 12.5. The van der Waals surface area contributed by atoms with Crippen molar-refractivity contribution in [1.82, 2.24) is 20.0 Å². The fraction of sp³-hybridized carbons (Fsp3) is 0.733. The smallest absolute Gasteiger partial charge is 0.182 e. The maximum Gasteiger partial charge on any atom is 0.182 e. The third-order valence-corrected chi connectivity index (χ3v) is 4.27. The molecule has 1 saturated heterocycles. The first-order valence-corrected chi connectivity index (χ1v) is 8.05. The Hall–Kier alpha value is -0.910. The van der Waals surface area contributed by atoms with Crippen molar-refractivity contribution in [2.75, 3.05) is 33.7 Å². The summed E-state index contributed by atoms with van der Waals surface area (Å²) < 4.78 is 1.74. The highest BCUT2D eigenvalue weighted by Crippen LogP contribution is 2.21. The first-order chi connectivity index (χ1) is 10.1. The number of carbonyl (C=O) groups is 1. The Labute approximate surface area is 131 Å². The summed E-state index contributed by atoms with van der Waals surface area (Å²) in [6, 6.07) is 0. The molecule has 6 heteroatoms. The van der Waals surface area contributed by atoms with Gasteiger partial charge in [0.15, 0.2) is 5.78 Å². The monoisotopic (exact) mass is 312 g/mol. The Kier molecular flexibility index (Phi) is 6.21. The van der Waals surface area contributed by atoms with Crippen molar-refractivity contribution in [2.24, 2.45) is 5.92 Å². The highest BCUT2D eigenvalue weighted by molar-refractivity contribution is 6.33. The molecule has 1 fully saturated rings. The standard InChI is InChI=1S/C15H25ClN4O/c1-19(2)8-9-20-15(13(16)11-18-20)14(21)6-5-12-4-3-7-17-10-12/h11-12,17H,3-10H2,1-2H3. The Balaban J connectivity index is 1.92. The molecule has 1 N–H and O–H groups in total. The SMILES string of the molecule is CN(C)CCn1ncc(Cl)c1C(=O)CCC1CCCNC1. The number of likely N-dealkylation sites (N-methyl/N-ethyl adjacent to an activating group) is 1. The van der Waals surface area contributed by atoms with Crippen molar-refractivity contribution in [3.8, 4) is 0 Å². The molecule has 21 heavy (non-hydrogen) atoms. The lowest BCUT2D eigenvalue weighted by atomic mass is 9.93. The Morgan fingerprint density at radius 1 is 1.57 bits per heavy atom. The molecule has 2 rings (SSSR count). The highest BCUT2D eigenvalue weighted by Gasteiger charge is 2.20. The normalized spacial score (nSPS) is 19.1. The predicted molar refractivity (Wildman–Crippen MR) is 84.9 cm³/mol. The maximum absolute atomic E-state index is 12.5. The van der Waals surface area contributed by atoms with Crippen LogP contribution in [-0.4, -0.2) is 54.2 Å². The van der Waals surface area contributed by atoms with Crippen molar-refractivity contribution in [1.29, 1.82) is 0 Å². The lowest BCUT2D eigenvalue weighted by Gasteiger charge is -2.22. The van der Waals surface area contributed by atoms with Gasteiger partial charge in [-0.15, -0.1) is 0 Å². The molecule has 1 aliphatic heterocycles. The summed E-state index contributed by atoms with van der Waals surface area (Å²) in [7, 11) is 4.01. The predicted octanol–water partition coefficient (Wildman–Crippen LogP) is 2.06. The van der Waals surface area contributed by atoms with Crippen LogP contribution in [-0.2, 0) is 6.54 Å². The number of hydrogen-bond acceptors (Lipinski definition) is 4. The lowest BCUT2D eigenvalue weighted by Crippen LogP contribution is -2.30. The molecule has 0 radical (unpaired) electrons. The van der Waals surface area contributed by atoms with Gasteiger partial charge in [0.1, 0.15) is 5.69 Å². The Morgan fingerprint density at radius 3 is 3.05 bits per heavy atom. The van der Waals surface area contributed by atoms with Crippen molar-refractivity contribution < 1.29 is 4.79 Å². The molecule has 0 aliphatic carbocycles. The van der Waals surface area contributed by atoms with Crippen LogP contribution in [0.15, 0.2) is 6.20 Å². The van der Waals surface area contributed by atoms with Gasteiger partial charge in [0.05, 0.1) is 17.8 Å². The van der Waals surface area contributed by atoms with E-state index in [0.717, 1.165) is 26.1 Å². The van der Waals surface area contributed by atoms with E-state index < -0.39 is 0 Å². The van der Waals surface area contributed by atoms with Crippen molar-refractivity contribution in [3.63, 3.8) is 0 Å². The number of piperidine rings is 1. The fourth-order valence-corrected chi connectivity index (χ4v) is 2.97. The number of halogens is 1. The van der Waals surface area contributed by atoms with Gasteiger partial charge in [0, 0.05) is 13.0 Å². The summed E-state index contributed by atoms with van der Waals surface area (Å²) >= 11 is 6.15. The van der Waals surface area contributed by atoms with E-state index in [-0.39, 0.29) is 5.78 Å². The van der Waals surface area contributed by atoms with E-state index in [1.165, 1.54) is 12.8 Å². The molecule has 2 heterocycles. The summed E-state index contributed by atoms with van der Waals surface area (Å²) in [6.45, 7) is 3.66. The molecule has 118 valence electrons. The molecular formula is C15H25ClN4O. The van der Waals surface area contributed by atoms with Crippen LogP contribution in [0.5, 0.6) is 0 Å². The largest absolute Gasteiger partial charge is 0.316 e. The minimum atomic E-state index is 0.113. The van der Waals surface area contributed by atoms with E-state index in [2.05, 4.69) is 15.3 Å². The van der Waals surface area contributed by atoms with Crippen LogP contribution in [0, 0.1) is 5.92 Å². The minimum Gasteiger partial charge on any atom is -0.316 e. The van der Waals surface area contributed by atoms with Gasteiger partial charge in [-0.1, -0.05) is 11.6 Å². The molecule has 0 aromatic carbocycles. The van der Waals surface area contributed by atoms with Crippen molar-refractivity contribution in [3.05, 3.63) is 16.9 Å². The number of ketones is 1.